The summed E-state index contributed by atoms with van der Waals surface area (Å²) in [6.45, 7) is 5.61. The highest BCUT2D eigenvalue weighted by molar-refractivity contribution is 5.77. The Hall–Kier alpha value is -1.39. The van der Waals surface area contributed by atoms with Gasteiger partial charge in [-0.05, 0) is 18.8 Å². The Bertz CT molecular complexity index is 375. The maximum Gasteiger partial charge on any atom is 0.231 e. The highest BCUT2D eigenvalue weighted by atomic mass is 16.4. The third-order valence-electron chi connectivity index (χ3n) is 2.88. The van der Waals surface area contributed by atoms with Gasteiger partial charge in [0.05, 0.1) is 0 Å². The van der Waals surface area contributed by atoms with Crippen molar-refractivity contribution in [1.82, 2.24) is 15.1 Å². The van der Waals surface area contributed by atoms with Gasteiger partial charge in [0.25, 0.3) is 0 Å². The Labute approximate surface area is 94.8 Å². The van der Waals surface area contributed by atoms with E-state index < -0.39 is 0 Å². The molecule has 0 N–H and O–H groups in total. The van der Waals surface area contributed by atoms with Crippen LogP contribution in [0.1, 0.15) is 31.5 Å². The molecule has 16 heavy (non-hydrogen) atoms. The van der Waals surface area contributed by atoms with Crippen LogP contribution >= 0.6 is 0 Å². The minimum Gasteiger partial charge on any atom is -0.425 e. The van der Waals surface area contributed by atoms with Crippen LogP contribution < -0.4 is 0 Å². The molecule has 1 aliphatic rings. The van der Waals surface area contributed by atoms with Gasteiger partial charge in [-0.15, -0.1) is 10.2 Å². The van der Waals surface area contributed by atoms with Gasteiger partial charge in [-0.3, -0.25) is 4.79 Å². The van der Waals surface area contributed by atoms with E-state index in [0.29, 0.717) is 17.7 Å². The van der Waals surface area contributed by atoms with Gasteiger partial charge in [0, 0.05) is 20.0 Å². The Morgan fingerprint density at radius 1 is 1.56 bits per heavy atom. The second kappa shape index (κ2) is 4.63. The summed E-state index contributed by atoms with van der Waals surface area (Å²) in [5.41, 5.74) is 0. The second-order valence-electron chi connectivity index (χ2n) is 4.48. The van der Waals surface area contributed by atoms with Gasteiger partial charge < -0.3 is 9.32 Å². The van der Waals surface area contributed by atoms with E-state index in [1.54, 1.807) is 6.92 Å². The summed E-state index contributed by atoms with van der Waals surface area (Å²) in [6.07, 6.45) is 2.53. The van der Waals surface area contributed by atoms with Crippen LogP contribution in [0.15, 0.2) is 4.42 Å². The first kappa shape index (κ1) is 11.1. The molecule has 1 aromatic rings. The zero-order valence-corrected chi connectivity index (χ0v) is 9.77. The molecule has 0 aliphatic carbocycles. The number of hydrogen-bond acceptors (Lipinski definition) is 4. The number of rotatable bonds is 2. The van der Waals surface area contributed by atoms with Gasteiger partial charge >= 0.3 is 0 Å². The number of carbonyl (C=O) groups excluding carboxylic acids is 1. The van der Waals surface area contributed by atoms with E-state index in [1.165, 1.54) is 6.42 Å². The quantitative estimate of drug-likeness (QED) is 0.755. The molecule has 0 bridgehead atoms. The zero-order valence-electron chi connectivity index (χ0n) is 9.77. The molecule has 1 saturated heterocycles. The van der Waals surface area contributed by atoms with Crippen LogP contribution in [-0.4, -0.2) is 34.1 Å². The molecule has 5 heteroatoms. The van der Waals surface area contributed by atoms with Crippen molar-refractivity contribution < 1.29 is 9.21 Å². The zero-order chi connectivity index (χ0) is 11.5. The fraction of sp³-hybridized carbons (Fsp3) is 0.727. The molecule has 1 aliphatic heterocycles. The average Bonchev–Trinajstić information content (AvgIpc) is 2.64. The second-order valence-corrected chi connectivity index (χ2v) is 4.48. The van der Waals surface area contributed by atoms with Gasteiger partial charge in [-0.25, -0.2) is 0 Å². The molecule has 0 spiro atoms. The van der Waals surface area contributed by atoms with Crippen LogP contribution in [0.5, 0.6) is 0 Å². The van der Waals surface area contributed by atoms with Crippen molar-refractivity contribution >= 4 is 5.91 Å². The molecule has 0 saturated carbocycles. The topological polar surface area (TPSA) is 59.2 Å². The number of piperidine rings is 1. The Morgan fingerprint density at radius 2 is 2.38 bits per heavy atom. The largest absolute Gasteiger partial charge is 0.425 e. The highest BCUT2D eigenvalue weighted by Gasteiger charge is 2.22. The molecule has 0 aromatic carbocycles. The smallest absolute Gasteiger partial charge is 0.231 e. The number of nitrogens with zero attached hydrogens (tertiary/aromatic N) is 3. The molecular weight excluding hydrogens is 206 g/mol. The van der Waals surface area contributed by atoms with Gasteiger partial charge in [0.1, 0.15) is 6.42 Å². The number of hydrogen-bond donors (Lipinski definition) is 0. The van der Waals surface area contributed by atoms with Crippen LogP contribution in [0.3, 0.4) is 0 Å². The fourth-order valence-electron chi connectivity index (χ4n) is 2.07. The first-order chi connectivity index (χ1) is 7.65. The van der Waals surface area contributed by atoms with Crippen molar-refractivity contribution in [3.8, 4) is 0 Å². The third kappa shape index (κ3) is 2.59. The average molecular weight is 223 g/mol. The first-order valence-corrected chi connectivity index (χ1v) is 5.72. The Kier molecular flexibility index (Phi) is 3.22. The molecule has 0 radical (unpaired) electrons. The van der Waals surface area contributed by atoms with Crippen LogP contribution in [0.4, 0.5) is 0 Å². The number of aryl methyl sites for hydroxylation is 1. The van der Waals surface area contributed by atoms with E-state index in [-0.39, 0.29) is 12.3 Å². The van der Waals surface area contributed by atoms with Gasteiger partial charge in [-0.2, -0.15) is 0 Å². The van der Waals surface area contributed by atoms with Crippen molar-refractivity contribution in [1.29, 1.82) is 0 Å². The number of carbonyl (C=O) groups is 1. The molecule has 1 atom stereocenters. The lowest BCUT2D eigenvalue weighted by molar-refractivity contribution is -0.132. The maximum absolute atomic E-state index is 11.9. The summed E-state index contributed by atoms with van der Waals surface area (Å²) < 4.78 is 5.20. The van der Waals surface area contributed by atoms with Gasteiger partial charge in [-0.1, -0.05) is 6.92 Å². The van der Waals surface area contributed by atoms with Crippen molar-refractivity contribution in [2.24, 2.45) is 5.92 Å². The summed E-state index contributed by atoms with van der Waals surface area (Å²) >= 11 is 0. The number of amides is 1. The summed E-state index contributed by atoms with van der Waals surface area (Å²) in [5, 5.41) is 7.55. The maximum atomic E-state index is 11.9. The lowest BCUT2D eigenvalue weighted by atomic mass is 10.00. The molecule has 1 fully saturated rings. The van der Waals surface area contributed by atoms with Gasteiger partial charge in [0.15, 0.2) is 0 Å². The summed E-state index contributed by atoms with van der Waals surface area (Å²) in [6, 6.07) is 0. The van der Waals surface area contributed by atoms with Crippen LogP contribution in [-0.2, 0) is 11.2 Å². The van der Waals surface area contributed by atoms with Crippen molar-refractivity contribution in [3.05, 3.63) is 11.8 Å². The molecule has 88 valence electrons. The Morgan fingerprint density at radius 3 is 3.00 bits per heavy atom. The predicted octanol–water partition coefficient (Wildman–Crippen LogP) is 1.18. The molecule has 1 amide bonds. The van der Waals surface area contributed by atoms with Crippen molar-refractivity contribution in [3.63, 3.8) is 0 Å². The standard InChI is InChI=1S/C11H17N3O2/c1-8-4-3-5-14(7-8)11(15)6-10-13-12-9(2)16-10/h8H,3-7H2,1-2H3. The fourth-order valence-corrected chi connectivity index (χ4v) is 2.07. The summed E-state index contributed by atoms with van der Waals surface area (Å²) in [4.78, 5) is 13.8. The lowest BCUT2D eigenvalue weighted by Gasteiger charge is -2.30. The first-order valence-electron chi connectivity index (χ1n) is 5.72. The molecule has 1 aromatic heterocycles. The SMILES string of the molecule is Cc1nnc(CC(=O)N2CCCC(C)C2)o1. The monoisotopic (exact) mass is 223 g/mol. The van der Waals surface area contributed by atoms with E-state index in [4.69, 9.17) is 4.42 Å². The highest BCUT2D eigenvalue weighted by Crippen LogP contribution is 2.16. The van der Waals surface area contributed by atoms with Crippen molar-refractivity contribution in [2.75, 3.05) is 13.1 Å². The minimum absolute atomic E-state index is 0.0928. The molecule has 2 rings (SSSR count). The van der Waals surface area contributed by atoms with E-state index in [9.17, 15) is 4.79 Å². The van der Waals surface area contributed by atoms with E-state index >= 15 is 0 Å². The van der Waals surface area contributed by atoms with Gasteiger partial charge in [0.2, 0.25) is 17.7 Å². The number of likely N-dealkylation sites (tertiary alicyclic amines) is 1. The molecule has 1 unspecified atom stereocenters. The summed E-state index contributed by atoms with van der Waals surface area (Å²) in [5.74, 6) is 1.62. The van der Waals surface area contributed by atoms with Crippen LogP contribution in [0, 0.1) is 12.8 Å². The van der Waals surface area contributed by atoms with E-state index in [1.807, 2.05) is 4.90 Å². The minimum atomic E-state index is 0.0928. The molecule has 5 nitrogen and oxygen atoms in total. The van der Waals surface area contributed by atoms with E-state index in [0.717, 1.165) is 19.5 Å². The number of aromatic nitrogens is 2. The third-order valence-corrected chi connectivity index (χ3v) is 2.88. The lowest BCUT2D eigenvalue weighted by Crippen LogP contribution is -2.39. The van der Waals surface area contributed by atoms with Crippen LogP contribution in [0.2, 0.25) is 0 Å². The molecule has 2 heterocycles. The predicted molar refractivity (Wildman–Crippen MR) is 57.7 cm³/mol. The summed E-state index contributed by atoms with van der Waals surface area (Å²) in [7, 11) is 0. The van der Waals surface area contributed by atoms with Crippen LogP contribution in [0.25, 0.3) is 0 Å². The Balaban J connectivity index is 1.92. The molecular formula is C11H17N3O2. The van der Waals surface area contributed by atoms with Crippen molar-refractivity contribution in [2.45, 2.75) is 33.1 Å². The van der Waals surface area contributed by atoms with E-state index in [2.05, 4.69) is 17.1 Å². The normalized spacial score (nSPS) is 21.1.